The highest BCUT2D eigenvalue weighted by molar-refractivity contribution is 8.02. The SMILES string of the molecule is C=Cc1cnc(Nc2cc(C(C)C)c(N3CCC(N4CCN(C)CC4)CC3)cc2OC)nc1N/C(=C/C=C1\CN=CC=N1)C(=C)SC. The van der Waals surface area contributed by atoms with Crippen molar-refractivity contribution in [1.29, 1.82) is 0 Å². The highest BCUT2D eigenvalue weighted by atomic mass is 32.2. The van der Waals surface area contributed by atoms with E-state index in [2.05, 4.69) is 86.5 Å². The lowest BCUT2D eigenvalue weighted by atomic mass is 9.96. The number of piperazine rings is 1. The van der Waals surface area contributed by atoms with E-state index in [-0.39, 0.29) is 0 Å². The van der Waals surface area contributed by atoms with Crippen LogP contribution >= 0.6 is 11.8 Å². The van der Waals surface area contributed by atoms with E-state index in [0.29, 0.717) is 30.3 Å². The van der Waals surface area contributed by atoms with Crippen molar-refractivity contribution in [3.8, 4) is 5.75 Å². The van der Waals surface area contributed by atoms with Gasteiger partial charge in [0.1, 0.15) is 11.6 Å². The Bertz CT molecular complexity index is 1550. The topological polar surface area (TPSA) is 93.5 Å². The molecule has 0 spiro atoms. The molecule has 0 aliphatic carbocycles. The number of hydrogen-bond acceptors (Lipinski definition) is 11. The maximum absolute atomic E-state index is 5.94. The van der Waals surface area contributed by atoms with Gasteiger partial charge in [-0.05, 0) is 55.8 Å². The van der Waals surface area contributed by atoms with Crippen LogP contribution in [0.5, 0.6) is 5.75 Å². The van der Waals surface area contributed by atoms with E-state index >= 15 is 0 Å². The van der Waals surface area contributed by atoms with Crippen LogP contribution in [0, 0.1) is 0 Å². The van der Waals surface area contributed by atoms with Crippen LogP contribution in [0.4, 0.5) is 23.1 Å². The molecule has 4 heterocycles. The van der Waals surface area contributed by atoms with Crippen molar-refractivity contribution < 1.29 is 4.74 Å². The fraction of sp³-hybridized carbons (Fsp3) is 0.444. The molecule has 1 aromatic carbocycles. The smallest absolute Gasteiger partial charge is 0.229 e. The third kappa shape index (κ3) is 8.71. The molecule has 0 unspecified atom stereocenters. The van der Waals surface area contributed by atoms with Crippen LogP contribution in [0.2, 0.25) is 0 Å². The maximum Gasteiger partial charge on any atom is 0.229 e. The molecule has 0 amide bonds. The Labute approximate surface area is 284 Å². The first-order valence-electron chi connectivity index (χ1n) is 16.4. The lowest BCUT2D eigenvalue weighted by Crippen LogP contribution is -2.52. The molecular formula is C36H49N9OS. The molecule has 5 rings (SSSR count). The third-order valence-corrected chi connectivity index (χ3v) is 9.73. The summed E-state index contributed by atoms with van der Waals surface area (Å²) < 4.78 is 5.94. The molecule has 0 atom stereocenters. The normalized spacial score (nSPS) is 19.0. The molecule has 0 saturated carbocycles. The number of ether oxygens (including phenoxy) is 1. The summed E-state index contributed by atoms with van der Waals surface area (Å²) in [5.74, 6) is 2.15. The minimum absolute atomic E-state index is 0.326. The minimum atomic E-state index is 0.326. The van der Waals surface area contributed by atoms with Gasteiger partial charge in [0.15, 0.2) is 0 Å². The number of allylic oxidation sites excluding steroid dienone is 2. The average molecular weight is 656 g/mol. The highest BCUT2D eigenvalue weighted by Crippen LogP contribution is 2.39. The molecule has 250 valence electrons. The Hall–Kier alpha value is -3.93. The summed E-state index contributed by atoms with van der Waals surface area (Å²) in [6, 6.07) is 5.04. The van der Waals surface area contributed by atoms with Gasteiger partial charge in [0.05, 0.1) is 30.7 Å². The number of methoxy groups -OCH3 is 1. The zero-order valence-corrected chi connectivity index (χ0v) is 29.3. The molecule has 2 saturated heterocycles. The average Bonchev–Trinajstić information content (AvgIpc) is 3.10. The van der Waals surface area contributed by atoms with Crippen molar-refractivity contribution in [2.75, 3.05) is 81.8 Å². The van der Waals surface area contributed by atoms with Crippen LogP contribution in [0.15, 0.2) is 69.9 Å². The van der Waals surface area contributed by atoms with Crippen LogP contribution < -0.4 is 20.3 Å². The Morgan fingerprint density at radius 3 is 2.51 bits per heavy atom. The molecule has 0 radical (unpaired) electrons. The van der Waals surface area contributed by atoms with E-state index in [9.17, 15) is 0 Å². The summed E-state index contributed by atoms with van der Waals surface area (Å²) in [7, 11) is 3.94. The van der Waals surface area contributed by atoms with Crippen LogP contribution in [0.1, 0.15) is 43.7 Å². The van der Waals surface area contributed by atoms with Gasteiger partial charge in [0, 0.05) is 86.2 Å². The first-order valence-corrected chi connectivity index (χ1v) is 17.6. The molecule has 1 aromatic heterocycles. The summed E-state index contributed by atoms with van der Waals surface area (Å²) in [6.07, 6.45) is 15.2. The molecule has 10 nitrogen and oxygen atoms in total. The Kier molecular flexibility index (Phi) is 11.9. The van der Waals surface area contributed by atoms with Crippen molar-refractivity contribution >= 4 is 53.4 Å². The first-order chi connectivity index (χ1) is 22.8. The van der Waals surface area contributed by atoms with Gasteiger partial charge in [0.25, 0.3) is 0 Å². The van der Waals surface area contributed by atoms with Crippen molar-refractivity contribution in [3.05, 3.63) is 71.1 Å². The number of benzene rings is 1. The van der Waals surface area contributed by atoms with E-state index in [4.69, 9.17) is 9.72 Å². The fourth-order valence-corrected chi connectivity index (χ4v) is 6.49. The highest BCUT2D eigenvalue weighted by Gasteiger charge is 2.28. The number of rotatable bonds is 12. The summed E-state index contributed by atoms with van der Waals surface area (Å²) in [4.78, 5) is 26.7. The van der Waals surface area contributed by atoms with E-state index in [1.807, 2.05) is 18.4 Å². The second-order valence-electron chi connectivity index (χ2n) is 12.4. The molecule has 11 heteroatoms. The molecule has 2 fully saturated rings. The molecule has 0 bridgehead atoms. The van der Waals surface area contributed by atoms with E-state index < -0.39 is 0 Å². The fourth-order valence-electron chi connectivity index (χ4n) is 6.15. The third-order valence-electron chi connectivity index (χ3n) is 9.02. The van der Waals surface area contributed by atoms with Gasteiger partial charge >= 0.3 is 0 Å². The van der Waals surface area contributed by atoms with Gasteiger partial charge in [-0.1, -0.05) is 33.1 Å². The van der Waals surface area contributed by atoms with Crippen molar-refractivity contribution in [1.82, 2.24) is 19.8 Å². The van der Waals surface area contributed by atoms with Crippen LogP contribution in [0.25, 0.3) is 6.08 Å². The molecule has 3 aliphatic heterocycles. The zero-order chi connectivity index (χ0) is 33.3. The summed E-state index contributed by atoms with van der Waals surface area (Å²) in [6.45, 7) is 20.0. The Morgan fingerprint density at radius 2 is 1.87 bits per heavy atom. The molecular weight excluding hydrogens is 607 g/mol. The first kappa shape index (κ1) is 34.4. The number of piperidine rings is 1. The van der Waals surface area contributed by atoms with Gasteiger partial charge in [-0.25, -0.2) is 4.98 Å². The largest absolute Gasteiger partial charge is 0.494 e. The lowest BCUT2D eigenvalue weighted by molar-refractivity contribution is 0.0982. The number of aromatic nitrogens is 2. The number of nitrogens with zero attached hydrogens (tertiary/aromatic N) is 7. The van der Waals surface area contributed by atoms with Crippen molar-refractivity contribution in [2.45, 2.75) is 38.6 Å². The lowest BCUT2D eigenvalue weighted by Gasteiger charge is -2.43. The second-order valence-corrected chi connectivity index (χ2v) is 13.3. The van der Waals surface area contributed by atoms with E-state index in [1.165, 1.54) is 37.2 Å². The molecule has 3 aliphatic rings. The molecule has 2 N–H and O–H groups in total. The quantitative estimate of drug-likeness (QED) is 0.251. The number of likely N-dealkylation sites (N-methyl/N-ethyl adjacent to an activating group) is 1. The predicted molar refractivity (Wildman–Crippen MR) is 201 cm³/mol. The van der Waals surface area contributed by atoms with Gasteiger partial charge in [-0.15, -0.1) is 11.8 Å². The number of aliphatic imine (C=N–C) groups is 2. The Morgan fingerprint density at radius 1 is 1.11 bits per heavy atom. The van der Waals surface area contributed by atoms with Crippen LogP contribution in [-0.2, 0) is 0 Å². The second kappa shape index (κ2) is 16.3. The summed E-state index contributed by atoms with van der Waals surface area (Å²) in [5.41, 5.74) is 5.80. The van der Waals surface area contributed by atoms with E-state index in [0.717, 1.165) is 59.5 Å². The number of hydrogen-bond donors (Lipinski definition) is 2. The summed E-state index contributed by atoms with van der Waals surface area (Å²) >= 11 is 1.56. The van der Waals surface area contributed by atoms with Crippen molar-refractivity contribution in [3.63, 3.8) is 0 Å². The van der Waals surface area contributed by atoms with Crippen LogP contribution in [-0.4, -0.2) is 104 Å². The monoisotopic (exact) mass is 655 g/mol. The molecule has 2 aromatic rings. The van der Waals surface area contributed by atoms with Gasteiger partial charge in [-0.3, -0.25) is 14.9 Å². The van der Waals surface area contributed by atoms with Gasteiger partial charge in [0.2, 0.25) is 5.95 Å². The Balaban J connectivity index is 1.37. The number of nitrogens with one attached hydrogen (secondary N) is 2. The summed E-state index contributed by atoms with van der Waals surface area (Å²) in [5, 5.41) is 6.90. The maximum atomic E-state index is 5.94. The van der Waals surface area contributed by atoms with Crippen LogP contribution in [0.3, 0.4) is 0 Å². The van der Waals surface area contributed by atoms with Gasteiger partial charge < -0.3 is 25.2 Å². The number of thioether (sulfide) groups is 1. The van der Waals surface area contributed by atoms with Gasteiger partial charge in [-0.2, -0.15) is 4.98 Å². The molecule has 47 heavy (non-hydrogen) atoms. The van der Waals surface area contributed by atoms with E-state index in [1.54, 1.807) is 43.6 Å². The number of anilines is 4. The van der Waals surface area contributed by atoms with Crippen molar-refractivity contribution in [2.24, 2.45) is 9.98 Å². The minimum Gasteiger partial charge on any atom is -0.494 e. The predicted octanol–water partition coefficient (Wildman–Crippen LogP) is 6.42. The zero-order valence-electron chi connectivity index (χ0n) is 28.5. The standard InChI is InChI=1S/C36H49N9OS/c1-8-27-23-39-36(42-35(27)40-31(26(4)47-7)10-9-28-24-37-13-14-38-28)41-32-21-30(25(2)3)33(22-34(32)46-6)45-15-11-29(12-16-45)44-19-17-43(5)18-20-44/h8-10,13-14,21-23,25,29H,1,4,11-12,15-20,24H2,2-3,5-7H3,(H2,39,40,41,42)/b28-9+,31-10+.